The molecule has 0 aliphatic rings. The summed E-state index contributed by atoms with van der Waals surface area (Å²) in [6.45, 7) is 3.15. The highest BCUT2D eigenvalue weighted by Crippen LogP contribution is 2.37. The van der Waals surface area contributed by atoms with E-state index in [9.17, 15) is 14.7 Å². The Morgan fingerprint density at radius 1 is 1.14 bits per heavy atom. The number of benzene rings is 2. The van der Waals surface area contributed by atoms with Crippen LogP contribution in [-0.2, 0) is 9.53 Å². The molecular weight excluding hydrogens is 384 g/mol. The largest absolute Gasteiger partial charge is 0.506 e. The van der Waals surface area contributed by atoms with E-state index in [1.54, 1.807) is 25.1 Å². The van der Waals surface area contributed by atoms with Gasteiger partial charge in [-0.3, -0.25) is 10.1 Å². The Balaban J connectivity index is 2.01. The summed E-state index contributed by atoms with van der Waals surface area (Å²) in [5, 5.41) is 23.4. The zero-order valence-corrected chi connectivity index (χ0v) is 15.8. The Kier molecular flexibility index (Phi) is 5.75. The van der Waals surface area contributed by atoms with E-state index in [0.29, 0.717) is 16.7 Å². The molecule has 0 aliphatic heterocycles. The van der Waals surface area contributed by atoms with Crippen molar-refractivity contribution in [1.82, 2.24) is 8.75 Å². The van der Waals surface area contributed by atoms with E-state index in [0.717, 1.165) is 11.7 Å². The average Bonchev–Trinajstić information content (AvgIpc) is 3.12. The number of aromatic nitrogens is 2. The van der Waals surface area contributed by atoms with Crippen molar-refractivity contribution in [2.24, 2.45) is 10.2 Å². The van der Waals surface area contributed by atoms with Gasteiger partial charge in [0, 0.05) is 13.0 Å². The molecule has 0 radical (unpaired) electrons. The van der Waals surface area contributed by atoms with Crippen LogP contribution in [0.5, 0.6) is 5.75 Å². The summed E-state index contributed by atoms with van der Waals surface area (Å²) < 4.78 is 13.2. The van der Waals surface area contributed by atoms with E-state index >= 15 is 0 Å². The monoisotopic (exact) mass is 400 g/mol. The van der Waals surface area contributed by atoms with Gasteiger partial charge >= 0.3 is 6.09 Å². The molecule has 1 heterocycles. The Hall–Kier alpha value is -3.60. The number of carbonyl (C=O) groups is 2. The summed E-state index contributed by atoms with van der Waals surface area (Å²) >= 11 is 1.06. The van der Waals surface area contributed by atoms with Crippen LogP contribution in [0.3, 0.4) is 0 Å². The molecule has 11 heteroatoms. The molecule has 3 N–H and O–H groups in total. The fraction of sp³-hybridized carbons (Fsp3) is 0.176. The summed E-state index contributed by atoms with van der Waals surface area (Å²) in [5.74, 6) is -0.616. The zero-order valence-electron chi connectivity index (χ0n) is 15.0. The van der Waals surface area contributed by atoms with Gasteiger partial charge in [-0.25, -0.2) is 4.79 Å². The second kappa shape index (κ2) is 8.39. The van der Waals surface area contributed by atoms with Crippen molar-refractivity contribution < 1.29 is 19.4 Å². The molecule has 2 amide bonds. The maximum atomic E-state index is 11.8. The van der Waals surface area contributed by atoms with E-state index in [1.165, 1.54) is 19.1 Å². The first-order valence-corrected chi connectivity index (χ1v) is 8.92. The molecule has 28 heavy (non-hydrogen) atoms. The fourth-order valence-corrected chi connectivity index (χ4v) is 2.85. The second-order valence-electron chi connectivity index (χ2n) is 5.52. The summed E-state index contributed by atoms with van der Waals surface area (Å²) in [4.78, 5) is 23.1. The second-order valence-corrected chi connectivity index (χ2v) is 6.05. The van der Waals surface area contributed by atoms with Crippen LogP contribution in [0, 0.1) is 0 Å². The third-order valence-electron chi connectivity index (χ3n) is 3.47. The lowest BCUT2D eigenvalue weighted by Gasteiger charge is -2.11. The van der Waals surface area contributed by atoms with E-state index in [2.05, 4.69) is 29.6 Å². The van der Waals surface area contributed by atoms with Crippen molar-refractivity contribution in [3.05, 3.63) is 30.3 Å². The van der Waals surface area contributed by atoms with Crippen molar-refractivity contribution in [1.29, 1.82) is 0 Å². The minimum Gasteiger partial charge on any atom is -0.506 e. The molecule has 2 aromatic carbocycles. The van der Waals surface area contributed by atoms with E-state index < -0.39 is 6.09 Å². The van der Waals surface area contributed by atoms with Gasteiger partial charge in [0.15, 0.2) is 0 Å². The third kappa shape index (κ3) is 4.38. The highest BCUT2D eigenvalue weighted by molar-refractivity contribution is 7.00. The molecule has 0 spiro atoms. The molecular formula is C17H16N6O4S. The Bertz CT molecular complexity index is 1060. The summed E-state index contributed by atoms with van der Waals surface area (Å²) in [5.41, 5.74) is 2.27. The van der Waals surface area contributed by atoms with Crippen LogP contribution in [-0.4, -0.2) is 32.5 Å². The Morgan fingerprint density at radius 3 is 2.68 bits per heavy atom. The molecule has 3 rings (SSSR count). The molecule has 0 aliphatic carbocycles. The number of carbonyl (C=O) groups excluding carboxylic acids is 2. The van der Waals surface area contributed by atoms with Gasteiger partial charge in [0.1, 0.15) is 28.2 Å². The van der Waals surface area contributed by atoms with Gasteiger partial charge < -0.3 is 15.2 Å². The van der Waals surface area contributed by atoms with Crippen molar-refractivity contribution in [3.63, 3.8) is 0 Å². The third-order valence-corrected chi connectivity index (χ3v) is 4.01. The number of hydrogen-bond donors (Lipinski definition) is 3. The predicted octanol–water partition coefficient (Wildman–Crippen LogP) is 4.34. The lowest BCUT2D eigenvalue weighted by Crippen LogP contribution is -2.13. The van der Waals surface area contributed by atoms with Gasteiger partial charge in [0.2, 0.25) is 5.91 Å². The first-order valence-electron chi connectivity index (χ1n) is 8.19. The highest BCUT2D eigenvalue weighted by atomic mass is 32.1. The molecule has 0 bridgehead atoms. The Morgan fingerprint density at radius 2 is 1.93 bits per heavy atom. The van der Waals surface area contributed by atoms with Crippen LogP contribution < -0.4 is 10.6 Å². The summed E-state index contributed by atoms with van der Waals surface area (Å²) in [7, 11) is 0. The average molecular weight is 400 g/mol. The van der Waals surface area contributed by atoms with Gasteiger partial charge in [0.05, 0.1) is 29.7 Å². The molecule has 0 saturated heterocycles. The predicted molar refractivity (Wildman–Crippen MR) is 105 cm³/mol. The van der Waals surface area contributed by atoms with Gasteiger partial charge in [-0.05, 0) is 25.1 Å². The number of azo groups is 1. The fourth-order valence-electron chi connectivity index (χ4n) is 2.31. The quantitative estimate of drug-likeness (QED) is 0.430. The van der Waals surface area contributed by atoms with Gasteiger partial charge in [-0.2, -0.15) is 8.75 Å². The highest BCUT2D eigenvalue weighted by Gasteiger charge is 2.14. The number of aromatic hydroxyl groups is 1. The number of phenols is 1. The van der Waals surface area contributed by atoms with Gasteiger partial charge in [0.25, 0.3) is 0 Å². The lowest BCUT2D eigenvalue weighted by atomic mass is 10.2. The minimum atomic E-state index is -0.712. The standard InChI is InChI=1S/C17H16N6O4S/c1-3-27-17(26)19-12-8-15(25)14(18-9(2)24)7-13(12)21-20-10-5-4-6-11-16(10)23-28-22-11/h4-8,25H,3H2,1-2H3,(H,18,24)(H,19,26)/b21-20+. The molecule has 0 unspecified atom stereocenters. The number of ether oxygens (including phenoxy) is 1. The number of hydrogen-bond acceptors (Lipinski definition) is 9. The van der Waals surface area contributed by atoms with Crippen molar-refractivity contribution in [2.75, 3.05) is 17.2 Å². The maximum Gasteiger partial charge on any atom is 0.411 e. The van der Waals surface area contributed by atoms with E-state index in [4.69, 9.17) is 4.74 Å². The van der Waals surface area contributed by atoms with Crippen LogP contribution in [0.2, 0.25) is 0 Å². The number of anilines is 2. The van der Waals surface area contributed by atoms with Crippen molar-refractivity contribution >= 4 is 57.5 Å². The summed E-state index contributed by atoms with van der Waals surface area (Å²) in [6, 6.07) is 7.94. The van der Waals surface area contributed by atoms with E-state index in [1.807, 2.05) is 0 Å². The molecule has 10 nitrogen and oxygen atoms in total. The molecule has 3 aromatic rings. The molecule has 1 aromatic heterocycles. The number of nitrogens with zero attached hydrogens (tertiary/aromatic N) is 4. The molecule has 0 saturated carbocycles. The normalized spacial score (nSPS) is 10.9. The van der Waals surface area contributed by atoms with Crippen molar-refractivity contribution in [2.45, 2.75) is 13.8 Å². The summed E-state index contributed by atoms with van der Waals surface area (Å²) in [6.07, 6.45) is -0.712. The van der Waals surface area contributed by atoms with Gasteiger partial charge in [-0.15, -0.1) is 10.2 Å². The smallest absolute Gasteiger partial charge is 0.411 e. The first-order chi connectivity index (χ1) is 13.5. The number of amides is 2. The minimum absolute atomic E-state index is 0.129. The van der Waals surface area contributed by atoms with Crippen LogP contribution in [0.4, 0.5) is 27.5 Å². The molecule has 0 atom stereocenters. The van der Waals surface area contributed by atoms with E-state index in [-0.39, 0.29) is 35.3 Å². The topological polar surface area (TPSA) is 138 Å². The number of phenolic OH excluding ortho intramolecular Hbond substituents is 1. The van der Waals surface area contributed by atoms with Crippen molar-refractivity contribution in [3.8, 4) is 5.75 Å². The van der Waals surface area contributed by atoms with Crippen LogP contribution in [0.25, 0.3) is 11.0 Å². The number of rotatable bonds is 5. The lowest BCUT2D eigenvalue weighted by molar-refractivity contribution is -0.114. The van der Waals surface area contributed by atoms with Crippen LogP contribution in [0.1, 0.15) is 13.8 Å². The molecule has 0 fully saturated rings. The van der Waals surface area contributed by atoms with Crippen LogP contribution in [0.15, 0.2) is 40.6 Å². The Labute approximate surface area is 163 Å². The first kappa shape index (κ1) is 19.2. The SMILES string of the molecule is CCOC(=O)Nc1cc(O)c(NC(C)=O)cc1/N=N/c1cccc2nsnc12. The molecule has 144 valence electrons. The van der Waals surface area contributed by atoms with Gasteiger partial charge in [-0.1, -0.05) is 6.07 Å². The number of fused-ring (bicyclic) bond motifs is 1. The zero-order chi connectivity index (χ0) is 20.1. The van der Waals surface area contributed by atoms with Crippen LogP contribution >= 0.6 is 11.7 Å². The maximum absolute atomic E-state index is 11.8. The number of nitrogens with one attached hydrogen (secondary N) is 2.